The van der Waals surface area contributed by atoms with Crippen molar-refractivity contribution >= 4 is 23.6 Å². The number of methoxy groups -OCH3 is 1. The Hall–Kier alpha value is -2.85. The smallest absolute Gasteiger partial charge is 0.277 e. The minimum Gasteiger partial charge on any atom is -0.497 e. The molecule has 0 saturated heterocycles. The van der Waals surface area contributed by atoms with E-state index in [1.54, 1.807) is 16.7 Å². The topological polar surface area (TPSA) is 86.1 Å². The molecule has 3 aromatic rings. The molecular weight excluding hydrogens is 442 g/mol. The molecule has 0 unspecified atom stereocenters. The Kier molecular flexibility index (Phi) is 6.76. The molecule has 1 amide bonds. The summed E-state index contributed by atoms with van der Waals surface area (Å²) < 4.78 is 11.9. The number of aromatic nitrogens is 2. The number of ether oxygens (including phenoxy) is 1. The van der Waals surface area contributed by atoms with Crippen molar-refractivity contribution in [3.63, 3.8) is 0 Å². The molecule has 0 atom stereocenters. The van der Waals surface area contributed by atoms with Crippen molar-refractivity contribution in [3.05, 3.63) is 65.4 Å². The van der Waals surface area contributed by atoms with Crippen LogP contribution in [0.4, 0.5) is 5.69 Å². The molecule has 8 nitrogen and oxygen atoms in total. The van der Waals surface area contributed by atoms with Crippen LogP contribution >= 0.6 is 12.0 Å². The van der Waals surface area contributed by atoms with Gasteiger partial charge in [0.15, 0.2) is 5.03 Å². The first kappa shape index (κ1) is 23.3. The molecule has 2 heterocycles. The zero-order valence-electron chi connectivity index (χ0n) is 19.1. The van der Waals surface area contributed by atoms with Crippen LogP contribution in [0.25, 0.3) is 5.69 Å². The average Bonchev–Trinajstić information content (AvgIpc) is 3.22. The summed E-state index contributed by atoms with van der Waals surface area (Å²) in [5.74, 6) is 0.578. The van der Waals surface area contributed by atoms with Crippen molar-refractivity contribution < 1.29 is 23.9 Å². The molecule has 33 heavy (non-hydrogen) atoms. The van der Waals surface area contributed by atoms with Gasteiger partial charge in [0, 0.05) is 23.2 Å². The van der Waals surface area contributed by atoms with Gasteiger partial charge >= 0.3 is 0 Å². The lowest BCUT2D eigenvalue weighted by molar-refractivity contribution is -0.160. The highest BCUT2D eigenvalue weighted by atomic mass is 32.2. The Morgan fingerprint density at radius 2 is 1.73 bits per heavy atom. The number of hydrogen-bond donors (Lipinski definition) is 1. The van der Waals surface area contributed by atoms with E-state index in [9.17, 15) is 9.90 Å². The third kappa shape index (κ3) is 4.49. The number of aliphatic hydroxyl groups excluding tert-OH is 1. The van der Waals surface area contributed by atoms with Gasteiger partial charge in [0.25, 0.3) is 5.91 Å². The lowest BCUT2D eigenvalue weighted by atomic mass is 9.85. The molecular formula is C24H27N3O5S. The standard InChI is InChI=1S/C24H27N3O5S/c1-24(2,15-28)16-5-7-17(8-6-16)26-14-13-20-21(23(26)29)27(25-22(20)33-32-31-4)18-9-11-19(30-3)12-10-18/h5-12,28H,13-15H2,1-4H3. The predicted molar refractivity (Wildman–Crippen MR) is 126 cm³/mol. The maximum Gasteiger partial charge on any atom is 0.277 e. The van der Waals surface area contributed by atoms with Gasteiger partial charge in [-0.15, -0.1) is 0 Å². The summed E-state index contributed by atoms with van der Waals surface area (Å²) in [6.45, 7) is 4.52. The maximum absolute atomic E-state index is 13.7. The number of carbonyl (C=O) groups excluding carboxylic acids is 1. The van der Waals surface area contributed by atoms with Crippen molar-refractivity contribution in [1.29, 1.82) is 0 Å². The number of anilines is 1. The lowest BCUT2D eigenvalue weighted by Gasteiger charge is -2.29. The van der Waals surface area contributed by atoms with Crippen molar-refractivity contribution in [2.75, 3.05) is 32.3 Å². The number of nitrogens with zero attached hydrogens (tertiary/aromatic N) is 3. The number of carbonyl (C=O) groups is 1. The van der Waals surface area contributed by atoms with Crippen molar-refractivity contribution in [2.24, 2.45) is 0 Å². The molecule has 0 radical (unpaired) electrons. The first-order chi connectivity index (χ1) is 15.9. The highest BCUT2D eigenvalue weighted by Crippen LogP contribution is 2.34. The summed E-state index contributed by atoms with van der Waals surface area (Å²) in [5, 5.41) is 14.9. The van der Waals surface area contributed by atoms with Crippen molar-refractivity contribution in [2.45, 2.75) is 30.7 Å². The molecule has 174 valence electrons. The summed E-state index contributed by atoms with van der Waals surface area (Å²) in [4.78, 5) is 20.2. The fourth-order valence-corrected chi connectivity index (χ4v) is 4.35. The van der Waals surface area contributed by atoms with Crippen LogP contribution < -0.4 is 9.64 Å². The Morgan fingerprint density at radius 3 is 2.33 bits per heavy atom. The van der Waals surface area contributed by atoms with Gasteiger partial charge in [-0.05, 0) is 48.4 Å². The minimum atomic E-state index is -0.349. The molecule has 1 aromatic heterocycles. The van der Waals surface area contributed by atoms with Crippen LogP contribution in [-0.2, 0) is 21.1 Å². The zero-order valence-corrected chi connectivity index (χ0v) is 19.9. The number of hydrogen-bond acceptors (Lipinski definition) is 7. The van der Waals surface area contributed by atoms with E-state index in [0.29, 0.717) is 23.7 Å². The van der Waals surface area contributed by atoms with Crippen molar-refractivity contribution in [1.82, 2.24) is 9.78 Å². The first-order valence-electron chi connectivity index (χ1n) is 10.6. The summed E-state index contributed by atoms with van der Waals surface area (Å²) in [6, 6.07) is 15.1. The second-order valence-corrected chi connectivity index (χ2v) is 9.05. The van der Waals surface area contributed by atoms with Crippen LogP contribution in [0.2, 0.25) is 0 Å². The van der Waals surface area contributed by atoms with E-state index in [1.807, 2.05) is 62.4 Å². The molecule has 0 fully saturated rings. The highest BCUT2D eigenvalue weighted by molar-refractivity contribution is 7.94. The van der Waals surface area contributed by atoms with E-state index in [2.05, 4.69) is 5.10 Å². The van der Waals surface area contributed by atoms with Gasteiger partial charge in [-0.25, -0.2) is 9.57 Å². The molecule has 4 rings (SSSR count). The van der Waals surface area contributed by atoms with E-state index in [4.69, 9.17) is 14.0 Å². The van der Waals surface area contributed by atoms with Gasteiger partial charge in [-0.2, -0.15) is 9.43 Å². The molecule has 0 saturated carbocycles. The molecule has 1 aliphatic rings. The normalized spacial score (nSPS) is 13.8. The molecule has 2 aromatic carbocycles. The number of fused-ring (bicyclic) bond motifs is 1. The van der Waals surface area contributed by atoms with Gasteiger partial charge < -0.3 is 14.7 Å². The van der Waals surface area contributed by atoms with Crippen LogP contribution in [0, 0.1) is 0 Å². The Labute approximate surface area is 197 Å². The highest BCUT2D eigenvalue weighted by Gasteiger charge is 2.34. The molecule has 9 heteroatoms. The number of benzene rings is 2. The van der Waals surface area contributed by atoms with Crippen LogP contribution in [0.5, 0.6) is 5.75 Å². The van der Waals surface area contributed by atoms with Gasteiger partial charge in [0.2, 0.25) is 0 Å². The second-order valence-electron chi connectivity index (χ2n) is 8.36. The van der Waals surface area contributed by atoms with Crippen LogP contribution in [-0.4, -0.2) is 48.2 Å². The molecule has 0 spiro atoms. The Bertz CT molecular complexity index is 1130. The molecule has 0 aliphatic carbocycles. The summed E-state index contributed by atoms with van der Waals surface area (Å²) >= 11 is 0.991. The minimum absolute atomic E-state index is 0.0450. The van der Waals surface area contributed by atoms with E-state index in [0.717, 1.165) is 40.3 Å². The Balaban J connectivity index is 1.72. The third-order valence-corrected chi connectivity index (χ3v) is 6.52. The largest absolute Gasteiger partial charge is 0.497 e. The Morgan fingerprint density at radius 1 is 1.06 bits per heavy atom. The zero-order chi connectivity index (χ0) is 23.6. The molecule has 1 N–H and O–H groups in total. The van der Waals surface area contributed by atoms with Crippen LogP contribution in [0.3, 0.4) is 0 Å². The van der Waals surface area contributed by atoms with Gasteiger partial charge in [0.1, 0.15) is 11.4 Å². The van der Waals surface area contributed by atoms with Gasteiger partial charge in [-0.1, -0.05) is 26.0 Å². The maximum atomic E-state index is 13.7. The van der Waals surface area contributed by atoms with E-state index < -0.39 is 0 Å². The molecule has 1 aliphatic heterocycles. The van der Waals surface area contributed by atoms with E-state index >= 15 is 0 Å². The SMILES string of the molecule is COOSc1nn(-c2ccc(OC)cc2)c2c1CCN(c1ccc(C(C)(C)CO)cc1)C2=O. The quantitative estimate of drug-likeness (QED) is 0.304. The van der Waals surface area contributed by atoms with E-state index in [1.165, 1.54) is 7.11 Å². The average molecular weight is 470 g/mol. The number of aliphatic hydroxyl groups is 1. The third-order valence-electron chi connectivity index (χ3n) is 5.83. The van der Waals surface area contributed by atoms with Gasteiger partial charge in [-0.3, -0.25) is 4.79 Å². The number of rotatable bonds is 8. The van der Waals surface area contributed by atoms with Crippen LogP contribution in [0.15, 0.2) is 53.6 Å². The van der Waals surface area contributed by atoms with Crippen LogP contribution in [0.1, 0.15) is 35.5 Å². The summed E-state index contributed by atoms with van der Waals surface area (Å²) in [5.41, 5.74) is 3.52. The first-order valence-corrected chi connectivity index (χ1v) is 11.3. The fraction of sp³-hybridized carbons (Fsp3) is 0.333. The second kappa shape index (κ2) is 9.56. The summed E-state index contributed by atoms with van der Waals surface area (Å²) in [6.07, 6.45) is 0.622. The monoisotopic (exact) mass is 469 g/mol. The van der Waals surface area contributed by atoms with Gasteiger partial charge in [0.05, 0.1) is 38.6 Å². The fourth-order valence-electron chi connectivity index (χ4n) is 3.80. The van der Waals surface area contributed by atoms with E-state index in [-0.39, 0.29) is 17.9 Å². The predicted octanol–water partition coefficient (Wildman–Crippen LogP) is 3.94. The summed E-state index contributed by atoms with van der Waals surface area (Å²) in [7, 11) is 3.03. The number of amides is 1. The molecule has 0 bridgehead atoms. The van der Waals surface area contributed by atoms with Crippen molar-refractivity contribution in [3.8, 4) is 11.4 Å². The lowest BCUT2D eigenvalue weighted by Crippen LogP contribution is -2.38.